The highest BCUT2D eigenvalue weighted by molar-refractivity contribution is 6.30. The Bertz CT molecular complexity index is 691. The van der Waals surface area contributed by atoms with Crippen molar-refractivity contribution in [1.29, 1.82) is 0 Å². The Hall–Kier alpha value is -1.82. The van der Waals surface area contributed by atoms with E-state index in [1.54, 1.807) is 0 Å². The summed E-state index contributed by atoms with van der Waals surface area (Å²) in [5.41, 5.74) is 0.953. The first-order chi connectivity index (χ1) is 12.1. The van der Waals surface area contributed by atoms with E-state index in [1.807, 2.05) is 36.4 Å². The zero-order chi connectivity index (χ0) is 17.6. The van der Waals surface area contributed by atoms with Gasteiger partial charge in [-0.1, -0.05) is 11.6 Å². The fraction of sp³-hybridized carbons (Fsp3) is 0.421. The topological polar surface area (TPSA) is 65.7 Å². The normalized spacial score (nSPS) is 16.1. The lowest BCUT2D eigenvalue weighted by atomic mass is 9.98. The van der Waals surface area contributed by atoms with Crippen molar-refractivity contribution in [3.05, 3.63) is 47.2 Å². The monoisotopic (exact) mass is 362 g/mol. The number of hydrogen-bond acceptors (Lipinski definition) is 4. The summed E-state index contributed by atoms with van der Waals surface area (Å²) in [5, 5.41) is 12.7. The molecular weight excluding hydrogens is 340 g/mol. The fourth-order valence-electron chi connectivity index (χ4n) is 3.01. The Balaban J connectivity index is 1.46. The summed E-state index contributed by atoms with van der Waals surface area (Å²) < 4.78 is 5.78. The third-order valence-electron chi connectivity index (χ3n) is 4.58. The van der Waals surface area contributed by atoms with E-state index in [2.05, 4.69) is 10.2 Å². The smallest absolute Gasteiger partial charge is 0.234 e. The van der Waals surface area contributed by atoms with Gasteiger partial charge in [-0.3, -0.25) is 9.69 Å². The minimum atomic E-state index is -0.00751. The van der Waals surface area contributed by atoms with Gasteiger partial charge in [0.25, 0.3) is 0 Å². The highest BCUT2D eigenvalue weighted by atomic mass is 35.5. The molecule has 1 fully saturated rings. The van der Waals surface area contributed by atoms with Crippen LogP contribution in [-0.4, -0.2) is 42.2 Å². The van der Waals surface area contributed by atoms with Crippen LogP contribution in [0.15, 0.2) is 40.8 Å². The van der Waals surface area contributed by atoms with Gasteiger partial charge in [0.05, 0.1) is 13.1 Å². The zero-order valence-electron chi connectivity index (χ0n) is 14.1. The van der Waals surface area contributed by atoms with E-state index in [0.29, 0.717) is 24.0 Å². The average molecular weight is 363 g/mol. The number of hydrogen-bond donors (Lipinski definition) is 2. The summed E-state index contributed by atoms with van der Waals surface area (Å²) in [6.07, 6.45) is 1.90. The molecule has 2 aromatic rings. The van der Waals surface area contributed by atoms with E-state index in [4.69, 9.17) is 21.1 Å². The number of nitrogens with one attached hydrogen (secondary N) is 1. The van der Waals surface area contributed by atoms with Crippen LogP contribution in [0.3, 0.4) is 0 Å². The second-order valence-corrected chi connectivity index (χ2v) is 6.89. The van der Waals surface area contributed by atoms with Crippen LogP contribution in [-0.2, 0) is 11.3 Å². The van der Waals surface area contributed by atoms with Crippen LogP contribution in [0.1, 0.15) is 18.6 Å². The molecule has 1 saturated heterocycles. The standard InChI is InChI=1S/C19H23ClN2O3/c20-16-3-1-15(2-4-16)18-6-5-17(25-18)11-21-19(24)12-22-9-7-14(13-23)8-10-22/h1-6,14,23H,7-13H2,(H,21,24). The van der Waals surface area contributed by atoms with Crippen LogP contribution in [0.4, 0.5) is 0 Å². The molecule has 25 heavy (non-hydrogen) atoms. The molecule has 0 unspecified atom stereocenters. The lowest BCUT2D eigenvalue weighted by Gasteiger charge is -2.30. The van der Waals surface area contributed by atoms with Crippen molar-refractivity contribution >= 4 is 17.5 Å². The molecule has 1 aromatic carbocycles. The van der Waals surface area contributed by atoms with Gasteiger partial charge >= 0.3 is 0 Å². The lowest BCUT2D eigenvalue weighted by molar-refractivity contribution is -0.122. The summed E-state index contributed by atoms with van der Waals surface area (Å²) in [6.45, 7) is 2.73. The first kappa shape index (κ1) is 18.0. The molecule has 134 valence electrons. The summed E-state index contributed by atoms with van der Waals surface area (Å²) in [5.74, 6) is 1.85. The fourth-order valence-corrected chi connectivity index (χ4v) is 3.14. The number of halogens is 1. The summed E-state index contributed by atoms with van der Waals surface area (Å²) in [4.78, 5) is 14.2. The van der Waals surface area contributed by atoms with Crippen LogP contribution in [0.5, 0.6) is 0 Å². The number of carbonyl (C=O) groups is 1. The number of aliphatic hydroxyl groups is 1. The van der Waals surface area contributed by atoms with E-state index in [9.17, 15) is 4.79 Å². The predicted octanol–water partition coefficient (Wildman–Crippen LogP) is 2.92. The molecule has 0 atom stereocenters. The lowest BCUT2D eigenvalue weighted by Crippen LogP contribution is -2.41. The highest BCUT2D eigenvalue weighted by Gasteiger charge is 2.20. The Morgan fingerprint density at radius 1 is 1.20 bits per heavy atom. The Kier molecular flexibility index (Phi) is 6.13. The van der Waals surface area contributed by atoms with Crippen molar-refractivity contribution in [1.82, 2.24) is 10.2 Å². The molecule has 3 rings (SSSR count). The number of piperidine rings is 1. The molecule has 5 nitrogen and oxygen atoms in total. The number of rotatable bonds is 6. The third kappa shape index (κ3) is 5.08. The number of benzene rings is 1. The van der Waals surface area contributed by atoms with Gasteiger partial charge in [0.1, 0.15) is 11.5 Å². The van der Waals surface area contributed by atoms with E-state index in [1.165, 1.54) is 0 Å². The van der Waals surface area contributed by atoms with Crippen molar-refractivity contribution in [2.45, 2.75) is 19.4 Å². The maximum Gasteiger partial charge on any atom is 0.234 e. The van der Waals surface area contributed by atoms with E-state index < -0.39 is 0 Å². The second-order valence-electron chi connectivity index (χ2n) is 6.45. The number of aliphatic hydroxyl groups excluding tert-OH is 1. The first-order valence-electron chi connectivity index (χ1n) is 8.58. The van der Waals surface area contributed by atoms with Gasteiger partial charge in [0.2, 0.25) is 5.91 Å². The van der Waals surface area contributed by atoms with E-state index >= 15 is 0 Å². The quantitative estimate of drug-likeness (QED) is 0.829. The minimum absolute atomic E-state index is 0.00751. The summed E-state index contributed by atoms with van der Waals surface area (Å²) in [7, 11) is 0. The van der Waals surface area contributed by atoms with Gasteiger partial charge in [0.15, 0.2) is 0 Å². The number of amides is 1. The van der Waals surface area contributed by atoms with Crippen molar-refractivity contribution in [2.24, 2.45) is 5.92 Å². The van der Waals surface area contributed by atoms with Crippen LogP contribution in [0.2, 0.25) is 5.02 Å². The SMILES string of the molecule is O=C(CN1CCC(CO)CC1)NCc1ccc(-c2ccc(Cl)cc2)o1. The van der Waals surface area contributed by atoms with Gasteiger partial charge in [-0.15, -0.1) is 0 Å². The molecule has 0 radical (unpaired) electrons. The molecule has 0 aliphatic carbocycles. The van der Waals surface area contributed by atoms with Crippen molar-refractivity contribution < 1.29 is 14.3 Å². The Labute approximate surface area is 152 Å². The molecular formula is C19H23ClN2O3. The van der Waals surface area contributed by atoms with Crippen molar-refractivity contribution in [3.8, 4) is 11.3 Å². The van der Waals surface area contributed by atoms with Gasteiger partial charge in [-0.05, 0) is 68.2 Å². The maximum absolute atomic E-state index is 12.1. The van der Waals surface area contributed by atoms with Gasteiger partial charge in [-0.2, -0.15) is 0 Å². The molecule has 1 aliphatic rings. The minimum Gasteiger partial charge on any atom is -0.459 e. The van der Waals surface area contributed by atoms with E-state index in [0.717, 1.165) is 43.0 Å². The maximum atomic E-state index is 12.1. The van der Waals surface area contributed by atoms with Crippen LogP contribution < -0.4 is 5.32 Å². The number of nitrogens with zero attached hydrogens (tertiary/aromatic N) is 1. The molecule has 6 heteroatoms. The molecule has 2 heterocycles. The van der Waals surface area contributed by atoms with Gasteiger partial charge in [-0.25, -0.2) is 0 Å². The van der Waals surface area contributed by atoms with Gasteiger partial charge < -0.3 is 14.8 Å². The average Bonchev–Trinajstić information content (AvgIpc) is 3.10. The number of carbonyl (C=O) groups excluding carboxylic acids is 1. The van der Waals surface area contributed by atoms with E-state index in [-0.39, 0.29) is 12.5 Å². The molecule has 1 amide bonds. The molecule has 0 saturated carbocycles. The molecule has 0 spiro atoms. The molecule has 1 aromatic heterocycles. The predicted molar refractivity (Wildman–Crippen MR) is 97.3 cm³/mol. The summed E-state index contributed by atoms with van der Waals surface area (Å²) in [6, 6.07) is 11.2. The van der Waals surface area contributed by atoms with Crippen LogP contribution in [0.25, 0.3) is 11.3 Å². The number of furan rings is 1. The largest absolute Gasteiger partial charge is 0.459 e. The highest BCUT2D eigenvalue weighted by Crippen LogP contribution is 2.23. The molecule has 1 aliphatic heterocycles. The number of likely N-dealkylation sites (tertiary alicyclic amines) is 1. The first-order valence-corrected chi connectivity index (χ1v) is 8.96. The van der Waals surface area contributed by atoms with Crippen molar-refractivity contribution in [3.63, 3.8) is 0 Å². The van der Waals surface area contributed by atoms with Gasteiger partial charge in [0, 0.05) is 17.2 Å². The van der Waals surface area contributed by atoms with Crippen LogP contribution in [0, 0.1) is 5.92 Å². The van der Waals surface area contributed by atoms with Crippen LogP contribution >= 0.6 is 11.6 Å². The molecule has 0 bridgehead atoms. The Morgan fingerprint density at radius 3 is 2.60 bits per heavy atom. The Morgan fingerprint density at radius 2 is 1.92 bits per heavy atom. The zero-order valence-corrected chi connectivity index (χ0v) is 14.8. The second kappa shape index (κ2) is 8.52. The third-order valence-corrected chi connectivity index (χ3v) is 4.83. The van der Waals surface area contributed by atoms with Crippen molar-refractivity contribution in [2.75, 3.05) is 26.2 Å². The summed E-state index contributed by atoms with van der Waals surface area (Å²) >= 11 is 5.89. The molecule has 2 N–H and O–H groups in total.